The molecule has 8 aromatic carbocycles. The number of nitrogens with zero attached hydrogens (tertiary/aromatic N) is 3. The minimum absolute atomic E-state index is 0.00552. The van der Waals surface area contributed by atoms with Crippen LogP contribution in [0.1, 0.15) is 8.22 Å². The zero-order chi connectivity index (χ0) is 42.7. The van der Waals surface area contributed by atoms with Crippen molar-refractivity contribution in [2.75, 3.05) is 0 Å². The van der Waals surface area contributed by atoms with Crippen LogP contribution in [-0.4, -0.2) is 15.0 Å². The predicted molar refractivity (Wildman–Crippen MR) is 234 cm³/mol. The molecule has 266 valence electrons. The molecule has 0 atom stereocenters. The van der Waals surface area contributed by atoms with E-state index in [0.717, 1.165) is 47.7 Å². The summed E-state index contributed by atoms with van der Waals surface area (Å²) in [5, 5.41) is 4.32. The van der Waals surface area contributed by atoms with Gasteiger partial charge in [-0.15, -0.1) is 11.3 Å². The molecule has 0 amide bonds. The topological polar surface area (TPSA) is 65.0 Å². The van der Waals surface area contributed by atoms with Crippen LogP contribution < -0.4 is 0 Å². The molecule has 12 aromatic rings. The lowest BCUT2D eigenvalue weighted by molar-refractivity contribution is 0.668. The fourth-order valence-corrected chi connectivity index (χ4v) is 8.86. The van der Waals surface area contributed by atoms with E-state index in [1.807, 2.05) is 127 Å². The van der Waals surface area contributed by atoms with E-state index >= 15 is 0 Å². The molecule has 6 heteroatoms. The second-order valence-electron chi connectivity index (χ2n) is 13.9. The highest BCUT2D eigenvalue weighted by Gasteiger charge is 2.18. The van der Waals surface area contributed by atoms with Crippen molar-refractivity contribution in [3.05, 3.63) is 176 Å². The van der Waals surface area contributed by atoms with Gasteiger partial charge in [-0.2, -0.15) is 0 Å². The molecule has 0 saturated heterocycles. The van der Waals surface area contributed by atoms with Gasteiger partial charge in [-0.3, -0.25) is 0 Å². The van der Waals surface area contributed by atoms with Crippen LogP contribution in [0.15, 0.2) is 185 Å². The van der Waals surface area contributed by atoms with E-state index in [-0.39, 0.29) is 75.4 Å². The molecule has 0 bridgehead atoms. The highest BCUT2D eigenvalue weighted by atomic mass is 32.1. The van der Waals surface area contributed by atoms with Crippen LogP contribution in [0.25, 0.3) is 120 Å². The van der Waals surface area contributed by atoms with Gasteiger partial charge in [-0.25, -0.2) is 15.0 Å². The highest BCUT2D eigenvalue weighted by Crippen LogP contribution is 2.41. The highest BCUT2D eigenvalue weighted by molar-refractivity contribution is 7.25. The molecule has 5 nitrogen and oxygen atoms in total. The first-order valence-corrected chi connectivity index (χ1v) is 19.2. The van der Waals surface area contributed by atoms with Gasteiger partial charge < -0.3 is 8.83 Å². The first-order valence-electron chi connectivity index (χ1n) is 21.4. The molecule has 12 rings (SSSR count). The van der Waals surface area contributed by atoms with Crippen LogP contribution in [0, 0.1) is 0 Å². The van der Waals surface area contributed by atoms with Gasteiger partial charge in [0.2, 0.25) is 0 Å². The van der Waals surface area contributed by atoms with E-state index in [0.29, 0.717) is 33.7 Å². The summed E-state index contributed by atoms with van der Waals surface area (Å²) in [7, 11) is 0. The number of benzene rings is 8. The van der Waals surface area contributed by atoms with Crippen molar-refractivity contribution in [1.29, 1.82) is 0 Å². The summed E-state index contributed by atoms with van der Waals surface area (Å²) < 4.78 is 70.2. The van der Waals surface area contributed by atoms with Crippen molar-refractivity contribution in [2.24, 2.45) is 0 Å². The summed E-state index contributed by atoms with van der Waals surface area (Å²) >= 11 is 1.61. The zero-order valence-electron chi connectivity index (χ0n) is 35.8. The average molecular weight is 754 g/mol. The largest absolute Gasteiger partial charge is 0.456 e. The van der Waals surface area contributed by atoms with Crippen LogP contribution >= 0.6 is 11.3 Å². The van der Waals surface area contributed by atoms with E-state index < -0.39 is 0 Å². The third-order valence-corrected chi connectivity index (χ3v) is 11.6. The Kier molecular flexibility index (Phi) is 5.82. The normalized spacial score (nSPS) is 13.3. The van der Waals surface area contributed by atoms with E-state index in [2.05, 4.69) is 12.1 Å². The molecule has 0 aliphatic heterocycles. The van der Waals surface area contributed by atoms with Crippen molar-refractivity contribution in [3.63, 3.8) is 0 Å². The lowest BCUT2D eigenvalue weighted by atomic mass is 9.98. The van der Waals surface area contributed by atoms with Crippen LogP contribution in [0.4, 0.5) is 0 Å². The molecule has 0 N–H and O–H groups in total. The van der Waals surface area contributed by atoms with Gasteiger partial charge in [-0.1, -0.05) is 121 Å². The predicted octanol–water partition coefficient (Wildman–Crippen LogP) is 14.4. The lowest BCUT2D eigenvalue weighted by Crippen LogP contribution is -2.00. The molecular weight excluding hydrogens is 719 g/mol. The van der Waals surface area contributed by atoms with Crippen molar-refractivity contribution in [3.8, 4) is 56.4 Å². The molecule has 0 fully saturated rings. The fourth-order valence-electron chi connectivity index (χ4n) is 7.71. The monoisotopic (exact) mass is 753 g/mol. The number of rotatable bonds is 5. The van der Waals surface area contributed by atoms with Gasteiger partial charge in [0.25, 0.3) is 0 Å². The maximum Gasteiger partial charge on any atom is 0.164 e. The third kappa shape index (κ3) is 5.26. The minimum Gasteiger partial charge on any atom is -0.456 e. The first kappa shape index (κ1) is 26.4. The molecule has 0 unspecified atom stereocenters. The molecule has 0 radical (unpaired) electrons. The quantitative estimate of drug-likeness (QED) is 0.175. The Bertz CT molecular complexity index is 3880. The van der Waals surface area contributed by atoms with Crippen molar-refractivity contribution < 1.29 is 17.1 Å². The SMILES string of the molecule is [2H]c1c([2H])c(-c2ccc3c(c2)sc2ccccc23)c2c(oc3c([2H])c(-c4nc(-c5ccc(-c6ccccc6)cc5)nc(-c5ccc6oc7ccccc7c6c5)n4)c([2H])c([2H])c32)c1[2H]. The van der Waals surface area contributed by atoms with E-state index in [1.54, 1.807) is 11.3 Å². The lowest BCUT2D eigenvalue weighted by Gasteiger charge is -2.09. The number of thiophene rings is 1. The van der Waals surface area contributed by atoms with Crippen LogP contribution in [0.3, 0.4) is 0 Å². The molecule has 4 heterocycles. The zero-order valence-corrected chi connectivity index (χ0v) is 30.7. The Labute approximate surface area is 338 Å². The Morgan fingerprint density at radius 3 is 1.93 bits per heavy atom. The Balaban J connectivity index is 1.08. The standard InChI is InChI=1S/C51H29N3O2S/c1-2-9-30(10-3-1)31-17-19-32(20-18-31)49-52-50(34-23-26-43-41(27-34)37-11-4-6-14-42(37)55-43)54-51(53-49)35-22-25-40-45(28-35)56-44-15-8-13-36(48(40)44)33-21-24-39-38-12-5-7-16-46(38)57-47(39)29-33/h1-29H/i8D,13D,15D,22D,25D,28D. The maximum absolute atomic E-state index is 9.66. The molecule has 0 aliphatic rings. The smallest absolute Gasteiger partial charge is 0.164 e. The number of aromatic nitrogens is 3. The molecule has 0 saturated carbocycles. The maximum atomic E-state index is 9.66. The first-order chi connectivity index (χ1) is 30.7. The summed E-state index contributed by atoms with van der Waals surface area (Å²) in [5.41, 5.74) is 5.58. The summed E-state index contributed by atoms with van der Waals surface area (Å²) in [4.78, 5) is 14.7. The van der Waals surface area contributed by atoms with Crippen molar-refractivity contribution in [2.45, 2.75) is 0 Å². The number of hydrogen-bond acceptors (Lipinski definition) is 6. The average Bonchev–Trinajstić information content (AvgIpc) is 4.02. The van der Waals surface area contributed by atoms with Gasteiger partial charge in [0.1, 0.15) is 22.3 Å². The van der Waals surface area contributed by atoms with Crippen LogP contribution in [0.5, 0.6) is 0 Å². The summed E-state index contributed by atoms with van der Waals surface area (Å²) in [6.07, 6.45) is 0. The molecule has 4 aromatic heterocycles. The number of fused-ring (bicyclic) bond motifs is 9. The summed E-state index contributed by atoms with van der Waals surface area (Å²) in [6, 6.07) is 43.5. The van der Waals surface area contributed by atoms with Gasteiger partial charge in [0, 0.05) is 58.4 Å². The molecule has 0 aliphatic carbocycles. The fraction of sp³-hybridized carbons (Fsp3) is 0. The minimum atomic E-state index is -0.343. The molecular formula is C51H29N3O2S. The van der Waals surface area contributed by atoms with Crippen LogP contribution in [-0.2, 0) is 0 Å². The second-order valence-corrected chi connectivity index (χ2v) is 15.0. The third-order valence-electron chi connectivity index (χ3n) is 10.5. The van der Waals surface area contributed by atoms with Gasteiger partial charge in [0.05, 0.1) is 8.22 Å². The summed E-state index contributed by atoms with van der Waals surface area (Å²) in [5.74, 6) is 0.579. The molecule has 57 heavy (non-hydrogen) atoms. The number of furan rings is 2. The Morgan fingerprint density at radius 2 is 1.05 bits per heavy atom. The van der Waals surface area contributed by atoms with Gasteiger partial charge in [-0.05, 0) is 76.8 Å². The van der Waals surface area contributed by atoms with Crippen molar-refractivity contribution >= 4 is 75.4 Å². The Morgan fingerprint density at radius 1 is 0.404 bits per heavy atom. The number of para-hydroxylation sites is 1. The van der Waals surface area contributed by atoms with E-state index in [9.17, 15) is 4.11 Å². The van der Waals surface area contributed by atoms with E-state index in [1.165, 1.54) is 0 Å². The number of hydrogen-bond donors (Lipinski definition) is 0. The van der Waals surface area contributed by atoms with Crippen LogP contribution in [0.2, 0.25) is 0 Å². The summed E-state index contributed by atoms with van der Waals surface area (Å²) in [6.45, 7) is 0. The van der Waals surface area contributed by atoms with Crippen molar-refractivity contribution in [1.82, 2.24) is 15.0 Å². The Hall–Kier alpha value is -7.41. The van der Waals surface area contributed by atoms with Gasteiger partial charge in [0.15, 0.2) is 17.5 Å². The van der Waals surface area contributed by atoms with Gasteiger partial charge >= 0.3 is 0 Å². The second kappa shape index (κ2) is 12.6. The molecule has 0 spiro atoms. The van der Waals surface area contributed by atoms with E-state index in [4.69, 9.17) is 27.9 Å².